The Kier molecular flexibility index (Phi) is 5.82. The van der Waals surface area contributed by atoms with Gasteiger partial charge < -0.3 is 4.90 Å². The minimum atomic E-state index is -0.189. The average Bonchev–Trinajstić information content (AvgIpc) is 2.57. The highest BCUT2D eigenvalue weighted by Gasteiger charge is 2.25. The first-order valence-electron chi connectivity index (χ1n) is 8.73. The minimum absolute atomic E-state index is 0.189. The third-order valence-electron chi connectivity index (χ3n) is 4.73. The molecule has 0 aliphatic carbocycles. The topological polar surface area (TPSA) is 3.24 Å². The van der Waals surface area contributed by atoms with Crippen molar-refractivity contribution in [3.8, 4) is 0 Å². The van der Waals surface area contributed by atoms with Gasteiger partial charge in [0.1, 0.15) is 0 Å². The second-order valence-electron chi connectivity index (χ2n) is 6.67. The maximum atomic E-state index is 12.1. The monoisotopic (exact) mass is 311 g/mol. The number of halogens is 1. The Hall–Kier alpha value is -1.67. The summed E-state index contributed by atoms with van der Waals surface area (Å²) >= 11 is 0. The lowest BCUT2D eigenvalue weighted by Crippen LogP contribution is -2.47. The molecule has 1 saturated heterocycles. The van der Waals surface area contributed by atoms with E-state index >= 15 is 0 Å². The van der Waals surface area contributed by atoms with Gasteiger partial charge in [-0.2, -0.15) is 0 Å². The van der Waals surface area contributed by atoms with Gasteiger partial charge in [-0.3, -0.25) is 4.39 Å². The van der Waals surface area contributed by atoms with Crippen LogP contribution in [-0.4, -0.2) is 31.2 Å². The summed E-state index contributed by atoms with van der Waals surface area (Å²) in [5.74, 6) is 0.754. The Morgan fingerprint density at radius 3 is 2.09 bits per heavy atom. The second kappa shape index (κ2) is 8.26. The Morgan fingerprint density at radius 2 is 1.43 bits per heavy atom. The molecular formula is C21H26FN. The largest absolute Gasteiger partial charge is 0.303 e. The number of rotatable bonds is 8. The van der Waals surface area contributed by atoms with Crippen LogP contribution in [0.3, 0.4) is 0 Å². The molecular weight excluding hydrogens is 285 g/mol. The summed E-state index contributed by atoms with van der Waals surface area (Å²) < 4.78 is 12.1. The SMILES string of the molecule is FCCCN1CC(Cc2ccc(CCc3ccccc3)cc2)C1. The van der Waals surface area contributed by atoms with Gasteiger partial charge in [0.25, 0.3) is 0 Å². The van der Waals surface area contributed by atoms with Crippen molar-refractivity contribution in [2.45, 2.75) is 25.7 Å². The van der Waals surface area contributed by atoms with Gasteiger partial charge in [-0.15, -0.1) is 0 Å². The number of likely N-dealkylation sites (tertiary alicyclic amines) is 1. The van der Waals surface area contributed by atoms with Crippen molar-refractivity contribution >= 4 is 0 Å². The molecule has 2 aromatic rings. The first kappa shape index (κ1) is 16.2. The number of aryl methyl sites for hydroxylation is 2. The predicted octanol–water partition coefficient (Wildman–Crippen LogP) is 4.31. The molecule has 3 rings (SSSR count). The fourth-order valence-corrected chi connectivity index (χ4v) is 3.38. The molecule has 1 fully saturated rings. The maximum absolute atomic E-state index is 12.1. The van der Waals surface area contributed by atoms with Crippen molar-refractivity contribution in [2.75, 3.05) is 26.3 Å². The molecule has 0 amide bonds. The fraction of sp³-hybridized carbons (Fsp3) is 0.429. The van der Waals surface area contributed by atoms with Crippen LogP contribution in [0.1, 0.15) is 23.1 Å². The predicted molar refractivity (Wildman–Crippen MR) is 94.5 cm³/mol. The van der Waals surface area contributed by atoms with Crippen LogP contribution in [0.4, 0.5) is 4.39 Å². The first-order chi connectivity index (χ1) is 11.3. The van der Waals surface area contributed by atoms with E-state index in [4.69, 9.17) is 0 Å². The zero-order chi connectivity index (χ0) is 15.9. The van der Waals surface area contributed by atoms with E-state index in [1.165, 1.54) is 16.7 Å². The molecule has 1 nitrogen and oxygen atoms in total. The quantitative estimate of drug-likeness (QED) is 0.702. The van der Waals surface area contributed by atoms with E-state index in [9.17, 15) is 4.39 Å². The highest BCUT2D eigenvalue weighted by Crippen LogP contribution is 2.21. The molecule has 0 N–H and O–H groups in total. The fourth-order valence-electron chi connectivity index (χ4n) is 3.38. The van der Waals surface area contributed by atoms with Gasteiger partial charge in [-0.05, 0) is 48.3 Å². The number of nitrogens with zero attached hydrogens (tertiary/aromatic N) is 1. The number of benzene rings is 2. The number of hydrogen-bond donors (Lipinski definition) is 0. The van der Waals surface area contributed by atoms with E-state index in [-0.39, 0.29) is 6.67 Å². The summed E-state index contributed by atoms with van der Waals surface area (Å²) in [6.45, 7) is 3.00. The molecule has 1 aliphatic heterocycles. The molecule has 0 radical (unpaired) electrons. The number of hydrogen-bond acceptors (Lipinski definition) is 1. The van der Waals surface area contributed by atoms with E-state index in [1.54, 1.807) is 0 Å². The Balaban J connectivity index is 1.41. The number of alkyl halides is 1. The van der Waals surface area contributed by atoms with Gasteiger partial charge in [-0.25, -0.2) is 0 Å². The molecule has 0 atom stereocenters. The van der Waals surface area contributed by atoms with Crippen molar-refractivity contribution in [1.29, 1.82) is 0 Å². The summed E-state index contributed by atoms with van der Waals surface area (Å²) in [7, 11) is 0. The lowest BCUT2D eigenvalue weighted by Gasteiger charge is -2.39. The van der Waals surface area contributed by atoms with Crippen molar-refractivity contribution < 1.29 is 4.39 Å². The van der Waals surface area contributed by atoms with Gasteiger partial charge in [0.05, 0.1) is 6.67 Å². The highest BCUT2D eigenvalue weighted by molar-refractivity contribution is 5.25. The van der Waals surface area contributed by atoms with E-state index in [1.807, 2.05) is 0 Å². The molecule has 0 unspecified atom stereocenters. The van der Waals surface area contributed by atoms with Crippen LogP contribution in [0.5, 0.6) is 0 Å². The van der Waals surface area contributed by atoms with Crippen LogP contribution in [0, 0.1) is 5.92 Å². The summed E-state index contributed by atoms with van der Waals surface area (Å²) in [5.41, 5.74) is 4.25. The van der Waals surface area contributed by atoms with Gasteiger partial charge in [0, 0.05) is 19.6 Å². The standard InChI is InChI=1S/C21H26FN/c22-13-4-14-23-16-21(17-23)15-20-11-9-19(10-12-20)8-7-18-5-2-1-3-6-18/h1-3,5-6,9-12,21H,4,7-8,13-17H2. The molecule has 0 spiro atoms. The zero-order valence-electron chi connectivity index (χ0n) is 13.8. The molecule has 1 heterocycles. The molecule has 2 aromatic carbocycles. The van der Waals surface area contributed by atoms with Crippen LogP contribution >= 0.6 is 0 Å². The van der Waals surface area contributed by atoms with E-state index < -0.39 is 0 Å². The van der Waals surface area contributed by atoms with Gasteiger partial charge in [0.2, 0.25) is 0 Å². The Bertz CT molecular complexity index is 573. The smallest absolute Gasteiger partial charge is 0.0906 e. The lowest BCUT2D eigenvalue weighted by atomic mass is 9.91. The summed E-state index contributed by atoms with van der Waals surface area (Å²) in [6.07, 6.45) is 4.05. The van der Waals surface area contributed by atoms with Crippen LogP contribution in [0.25, 0.3) is 0 Å². The van der Waals surface area contributed by atoms with Crippen molar-refractivity contribution in [1.82, 2.24) is 4.90 Å². The Labute approximate surface area is 139 Å². The third-order valence-corrected chi connectivity index (χ3v) is 4.73. The Morgan fingerprint density at radius 1 is 0.826 bits per heavy atom. The molecule has 0 aromatic heterocycles. The van der Waals surface area contributed by atoms with Crippen molar-refractivity contribution in [3.05, 3.63) is 71.3 Å². The lowest BCUT2D eigenvalue weighted by molar-refractivity contribution is 0.0968. The van der Waals surface area contributed by atoms with Crippen molar-refractivity contribution in [2.24, 2.45) is 5.92 Å². The minimum Gasteiger partial charge on any atom is -0.303 e. The van der Waals surface area contributed by atoms with Gasteiger partial charge in [-0.1, -0.05) is 54.6 Å². The molecule has 0 saturated carbocycles. The molecule has 122 valence electrons. The molecule has 0 bridgehead atoms. The summed E-state index contributed by atoms with van der Waals surface area (Å²) in [6, 6.07) is 19.8. The van der Waals surface area contributed by atoms with Crippen molar-refractivity contribution in [3.63, 3.8) is 0 Å². The third kappa shape index (κ3) is 4.90. The normalized spacial score (nSPS) is 15.5. The average molecular weight is 311 g/mol. The summed E-state index contributed by atoms with van der Waals surface area (Å²) in [5, 5.41) is 0. The highest BCUT2D eigenvalue weighted by atomic mass is 19.1. The van der Waals surface area contributed by atoms with Gasteiger partial charge in [0.15, 0.2) is 0 Å². The van der Waals surface area contributed by atoms with Gasteiger partial charge >= 0.3 is 0 Å². The zero-order valence-corrected chi connectivity index (χ0v) is 13.8. The molecule has 1 aliphatic rings. The molecule has 2 heteroatoms. The van der Waals surface area contributed by atoms with Crippen LogP contribution < -0.4 is 0 Å². The summed E-state index contributed by atoms with van der Waals surface area (Å²) in [4.78, 5) is 2.36. The maximum Gasteiger partial charge on any atom is 0.0906 e. The van der Waals surface area contributed by atoms with E-state index in [0.29, 0.717) is 6.42 Å². The van der Waals surface area contributed by atoms with Crippen LogP contribution in [-0.2, 0) is 19.3 Å². The van der Waals surface area contributed by atoms with E-state index in [2.05, 4.69) is 59.5 Å². The first-order valence-corrected chi connectivity index (χ1v) is 8.73. The van der Waals surface area contributed by atoms with E-state index in [0.717, 1.165) is 44.8 Å². The van der Waals surface area contributed by atoms with Crippen LogP contribution in [0.2, 0.25) is 0 Å². The molecule has 23 heavy (non-hydrogen) atoms. The van der Waals surface area contributed by atoms with Crippen LogP contribution in [0.15, 0.2) is 54.6 Å². The second-order valence-corrected chi connectivity index (χ2v) is 6.67.